The monoisotopic (exact) mass is 632 g/mol. The summed E-state index contributed by atoms with van der Waals surface area (Å²) in [5.74, 6) is -0.140. The number of nitrogens with zero attached hydrogens (tertiary/aromatic N) is 3. The van der Waals surface area contributed by atoms with Crippen LogP contribution in [0.15, 0.2) is 85.1 Å². The molecule has 1 aliphatic heterocycles. The molecule has 5 nitrogen and oxygen atoms in total. The first-order valence-corrected chi connectivity index (χ1v) is 15.9. The highest BCUT2D eigenvalue weighted by Gasteiger charge is 2.32. The van der Waals surface area contributed by atoms with Crippen LogP contribution in [0.25, 0.3) is 17.0 Å². The number of carbonyl (C=O) groups excluding carboxylic acids is 1. The fourth-order valence-electron chi connectivity index (χ4n) is 6.54. The number of nitrogens with one attached hydrogen (secondary N) is 1. The average molecular weight is 633 g/mol. The minimum atomic E-state index is -4.40. The first-order valence-electron chi connectivity index (χ1n) is 15.5. The maximum absolute atomic E-state index is 13.7. The SMILES string of the molecule is O=C(/C=C/c1ccc(C(F)(F)F)cc1)N(Cc1ccc(Nc2ccnc3cc(Cl)ccc23)cc1)C1CCN(C2CCCC2)CC1. The van der Waals surface area contributed by atoms with Crippen molar-refractivity contribution in [1.82, 2.24) is 14.8 Å². The van der Waals surface area contributed by atoms with Crippen molar-refractivity contribution in [2.24, 2.45) is 0 Å². The van der Waals surface area contributed by atoms with Gasteiger partial charge >= 0.3 is 6.18 Å². The fourth-order valence-corrected chi connectivity index (χ4v) is 6.71. The molecule has 6 rings (SSSR count). The van der Waals surface area contributed by atoms with Gasteiger partial charge in [-0.2, -0.15) is 13.2 Å². The van der Waals surface area contributed by atoms with Crippen molar-refractivity contribution in [3.63, 3.8) is 0 Å². The molecule has 0 unspecified atom stereocenters. The van der Waals surface area contributed by atoms with Crippen LogP contribution in [0.5, 0.6) is 0 Å². The summed E-state index contributed by atoms with van der Waals surface area (Å²) in [6, 6.07) is 21.2. The van der Waals surface area contributed by atoms with Gasteiger partial charge in [-0.3, -0.25) is 9.78 Å². The number of anilines is 2. The number of halogens is 4. The Morgan fingerprint density at radius 2 is 1.67 bits per heavy atom. The van der Waals surface area contributed by atoms with E-state index in [2.05, 4.69) is 15.2 Å². The van der Waals surface area contributed by atoms with Gasteiger partial charge in [-0.25, -0.2) is 0 Å². The van der Waals surface area contributed by atoms with Gasteiger partial charge in [-0.1, -0.05) is 48.7 Å². The number of benzene rings is 3. The third kappa shape index (κ3) is 7.68. The Morgan fingerprint density at radius 3 is 2.36 bits per heavy atom. The van der Waals surface area contributed by atoms with E-state index in [0.717, 1.165) is 65.9 Å². The molecule has 1 saturated carbocycles. The van der Waals surface area contributed by atoms with Gasteiger partial charge in [0.25, 0.3) is 0 Å². The van der Waals surface area contributed by atoms with Crippen LogP contribution < -0.4 is 5.32 Å². The Bertz CT molecular complexity index is 1640. The lowest BCUT2D eigenvalue weighted by Gasteiger charge is -2.40. The molecule has 0 bridgehead atoms. The number of alkyl halides is 3. The number of pyridine rings is 1. The van der Waals surface area contributed by atoms with Crippen LogP contribution in [0.4, 0.5) is 24.5 Å². The van der Waals surface area contributed by atoms with Crippen LogP contribution >= 0.6 is 11.6 Å². The quantitative estimate of drug-likeness (QED) is 0.197. The Labute approximate surface area is 266 Å². The highest BCUT2D eigenvalue weighted by Crippen LogP contribution is 2.31. The summed E-state index contributed by atoms with van der Waals surface area (Å²) in [6.07, 6.45) is 7.33. The van der Waals surface area contributed by atoms with Crippen LogP contribution in [0.3, 0.4) is 0 Å². The second-order valence-electron chi connectivity index (χ2n) is 12.0. The summed E-state index contributed by atoms with van der Waals surface area (Å²) in [4.78, 5) is 22.6. The number of rotatable bonds is 8. The molecule has 45 heavy (non-hydrogen) atoms. The molecule has 2 fully saturated rings. The molecule has 0 spiro atoms. The van der Waals surface area contributed by atoms with E-state index in [0.29, 0.717) is 23.2 Å². The van der Waals surface area contributed by atoms with Gasteiger partial charge in [-0.15, -0.1) is 0 Å². The zero-order valence-electron chi connectivity index (χ0n) is 24.9. The van der Waals surface area contributed by atoms with Gasteiger partial charge in [0.05, 0.1) is 11.1 Å². The van der Waals surface area contributed by atoms with Crippen LogP contribution in [0.1, 0.15) is 55.2 Å². The van der Waals surface area contributed by atoms with Gasteiger partial charge in [0.1, 0.15) is 0 Å². The van der Waals surface area contributed by atoms with Gasteiger partial charge < -0.3 is 15.1 Å². The largest absolute Gasteiger partial charge is 0.416 e. The van der Waals surface area contributed by atoms with Crippen LogP contribution in [-0.2, 0) is 17.5 Å². The maximum atomic E-state index is 13.7. The lowest BCUT2D eigenvalue weighted by molar-refractivity contribution is -0.137. The molecule has 1 aromatic heterocycles. The Balaban J connectivity index is 1.17. The number of hydrogen-bond acceptors (Lipinski definition) is 4. The third-order valence-corrected chi connectivity index (χ3v) is 9.25. The van der Waals surface area contributed by atoms with Crippen molar-refractivity contribution < 1.29 is 18.0 Å². The predicted octanol–water partition coefficient (Wildman–Crippen LogP) is 9.10. The number of piperidine rings is 1. The highest BCUT2D eigenvalue weighted by molar-refractivity contribution is 6.31. The van der Waals surface area contributed by atoms with Crippen LogP contribution in [-0.4, -0.2) is 45.9 Å². The van der Waals surface area contributed by atoms with E-state index < -0.39 is 11.7 Å². The van der Waals surface area contributed by atoms with Crippen LogP contribution in [0.2, 0.25) is 5.02 Å². The van der Waals surface area contributed by atoms with Crippen molar-refractivity contribution in [1.29, 1.82) is 0 Å². The van der Waals surface area contributed by atoms with Gasteiger partial charge in [0, 0.05) is 65.8 Å². The second kappa shape index (κ2) is 13.6. The Kier molecular flexibility index (Phi) is 9.42. The van der Waals surface area contributed by atoms with Gasteiger partial charge in [-0.05, 0) is 91.4 Å². The lowest BCUT2D eigenvalue weighted by atomic mass is 9.99. The predicted molar refractivity (Wildman–Crippen MR) is 174 cm³/mol. The summed E-state index contributed by atoms with van der Waals surface area (Å²) in [6.45, 7) is 2.38. The maximum Gasteiger partial charge on any atom is 0.416 e. The summed E-state index contributed by atoms with van der Waals surface area (Å²) in [7, 11) is 0. The number of fused-ring (bicyclic) bond motifs is 1. The van der Waals surface area contributed by atoms with Crippen molar-refractivity contribution in [2.45, 2.75) is 63.3 Å². The molecule has 2 aliphatic rings. The molecule has 234 valence electrons. The van der Waals surface area contributed by atoms with E-state index >= 15 is 0 Å². The third-order valence-electron chi connectivity index (χ3n) is 9.01. The number of hydrogen-bond donors (Lipinski definition) is 1. The van der Waals surface area contributed by atoms with E-state index in [1.807, 2.05) is 53.4 Å². The molecule has 3 aromatic carbocycles. The molecule has 2 heterocycles. The molecule has 9 heteroatoms. The summed E-state index contributed by atoms with van der Waals surface area (Å²) < 4.78 is 39.0. The van der Waals surface area contributed by atoms with Gasteiger partial charge in [0.15, 0.2) is 0 Å². The molecule has 1 amide bonds. The summed E-state index contributed by atoms with van der Waals surface area (Å²) in [5.41, 5.74) is 3.48. The zero-order valence-corrected chi connectivity index (χ0v) is 25.7. The average Bonchev–Trinajstić information content (AvgIpc) is 3.58. The Hall–Kier alpha value is -3.88. The van der Waals surface area contributed by atoms with Crippen LogP contribution in [0, 0.1) is 0 Å². The summed E-state index contributed by atoms with van der Waals surface area (Å²) >= 11 is 6.14. The van der Waals surface area contributed by atoms with Crippen molar-refractivity contribution >= 4 is 45.9 Å². The smallest absolute Gasteiger partial charge is 0.355 e. The van der Waals surface area contributed by atoms with E-state index in [-0.39, 0.29) is 11.9 Å². The molecular weight excluding hydrogens is 597 g/mol. The standard InChI is InChI=1S/C36H36ClF3N4O/c37-28-12-15-32-33(17-20-41-34(32)23-28)42-29-13-7-26(8-14-29)24-44(31-18-21-43(22-19-31)30-3-1-2-4-30)35(45)16-9-25-5-10-27(11-6-25)36(38,39)40/h5-17,20,23,30-31H,1-4,18-19,21-22,24H2,(H,41,42)/b16-9+. The Morgan fingerprint density at radius 1 is 0.956 bits per heavy atom. The fraction of sp³-hybridized carbons (Fsp3) is 0.333. The molecule has 4 aromatic rings. The van der Waals surface area contributed by atoms with Crippen molar-refractivity contribution in [3.05, 3.63) is 107 Å². The molecule has 0 atom stereocenters. The zero-order chi connectivity index (χ0) is 31.4. The number of likely N-dealkylation sites (tertiary alicyclic amines) is 1. The first kappa shape index (κ1) is 31.1. The molecule has 0 radical (unpaired) electrons. The molecule has 1 N–H and O–H groups in total. The minimum absolute atomic E-state index is 0.0835. The van der Waals surface area contributed by atoms with Crippen molar-refractivity contribution in [3.8, 4) is 0 Å². The molecule has 1 saturated heterocycles. The number of amides is 1. The molecular formula is C36H36ClF3N4O. The van der Waals surface area contributed by atoms with E-state index in [1.165, 1.54) is 43.9 Å². The minimum Gasteiger partial charge on any atom is -0.355 e. The lowest BCUT2D eigenvalue weighted by Crippen LogP contribution is -2.48. The van der Waals surface area contributed by atoms with Crippen molar-refractivity contribution in [2.75, 3.05) is 18.4 Å². The topological polar surface area (TPSA) is 48.5 Å². The van der Waals surface area contributed by atoms with E-state index in [4.69, 9.17) is 11.6 Å². The number of aromatic nitrogens is 1. The summed E-state index contributed by atoms with van der Waals surface area (Å²) in [5, 5.41) is 5.06. The van der Waals surface area contributed by atoms with E-state index in [9.17, 15) is 18.0 Å². The molecule has 1 aliphatic carbocycles. The second-order valence-corrected chi connectivity index (χ2v) is 12.4. The first-order chi connectivity index (χ1) is 21.7. The number of carbonyl (C=O) groups is 1. The normalized spacial score (nSPS) is 16.9. The van der Waals surface area contributed by atoms with Gasteiger partial charge in [0.2, 0.25) is 5.91 Å². The highest BCUT2D eigenvalue weighted by atomic mass is 35.5. The van der Waals surface area contributed by atoms with E-state index in [1.54, 1.807) is 12.3 Å².